The predicted octanol–water partition coefficient (Wildman–Crippen LogP) is 4.59. The first kappa shape index (κ1) is 13.8. The largest absolute Gasteiger partial charge is 0.378 e. The minimum atomic E-state index is -0.841. The van der Waals surface area contributed by atoms with Crippen molar-refractivity contribution in [2.24, 2.45) is 0 Å². The molecule has 2 unspecified atom stereocenters. The van der Waals surface area contributed by atoms with Crippen molar-refractivity contribution in [1.29, 1.82) is 0 Å². The quantitative estimate of drug-likeness (QED) is 0.730. The zero-order valence-corrected chi connectivity index (χ0v) is 10.9. The van der Waals surface area contributed by atoms with E-state index in [0.29, 0.717) is 5.56 Å². The van der Waals surface area contributed by atoms with E-state index in [4.69, 9.17) is 16.3 Å². The molecule has 1 heterocycles. The second kappa shape index (κ2) is 6.48. The van der Waals surface area contributed by atoms with Crippen molar-refractivity contribution in [3.63, 3.8) is 0 Å². The van der Waals surface area contributed by atoms with Crippen LogP contribution in [0.15, 0.2) is 18.2 Å². The van der Waals surface area contributed by atoms with Crippen LogP contribution in [0.1, 0.15) is 43.0 Å². The molecule has 4 heteroatoms. The van der Waals surface area contributed by atoms with Gasteiger partial charge in [0, 0.05) is 6.61 Å². The van der Waals surface area contributed by atoms with Gasteiger partial charge in [0.2, 0.25) is 0 Å². The van der Waals surface area contributed by atoms with Crippen molar-refractivity contribution in [2.45, 2.75) is 43.6 Å². The summed E-state index contributed by atoms with van der Waals surface area (Å²) in [7, 11) is 0. The molecule has 2 atom stereocenters. The standard InChI is InChI=1S/C14H17ClF2O/c15-12(6-5-11-3-1-2-8-18-11)10-4-7-13(16)14(17)9-10/h4,7,9,11-12H,1-3,5-6,8H2. The molecule has 0 aliphatic carbocycles. The van der Waals surface area contributed by atoms with E-state index in [0.717, 1.165) is 38.4 Å². The lowest BCUT2D eigenvalue weighted by Gasteiger charge is -2.23. The maximum absolute atomic E-state index is 13.1. The van der Waals surface area contributed by atoms with E-state index in [1.165, 1.54) is 18.6 Å². The Kier molecular flexibility index (Phi) is 4.95. The van der Waals surface area contributed by atoms with Gasteiger partial charge in [0.1, 0.15) is 0 Å². The average Bonchev–Trinajstić information content (AvgIpc) is 2.40. The minimum absolute atomic E-state index is 0.269. The summed E-state index contributed by atoms with van der Waals surface area (Å²) in [4.78, 5) is 0. The Balaban J connectivity index is 1.86. The maximum Gasteiger partial charge on any atom is 0.159 e. The molecular formula is C14H17ClF2O. The maximum atomic E-state index is 13.1. The summed E-state index contributed by atoms with van der Waals surface area (Å²) in [5, 5.41) is -0.286. The molecule has 1 aliphatic rings. The fraction of sp³-hybridized carbons (Fsp3) is 0.571. The first-order valence-electron chi connectivity index (χ1n) is 6.37. The molecule has 2 rings (SSSR count). The summed E-state index contributed by atoms with van der Waals surface area (Å²) < 4.78 is 31.5. The van der Waals surface area contributed by atoms with Gasteiger partial charge in [-0.25, -0.2) is 8.78 Å². The van der Waals surface area contributed by atoms with Gasteiger partial charge >= 0.3 is 0 Å². The normalized spacial score (nSPS) is 21.8. The van der Waals surface area contributed by atoms with Crippen molar-refractivity contribution >= 4 is 11.6 Å². The lowest BCUT2D eigenvalue weighted by molar-refractivity contribution is 0.01000. The van der Waals surface area contributed by atoms with Crippen LogP contribution in [0, 0.1) is 11.6 Å². The van der Waals surface area contributed by atoms with Gasteiger partial charge in [0.25, 0.3) is 0 Å². The molecule has 1 fully saturated rings. The van der Waals surface area contributed by atoms with Gasteiger partial charge in [-0.1, -0.05) is 6.07 Å². The predicted molar refractivity (Wildman–Crippen MR) is 67.8 cm³/mol. The molecule has 18 heavy (non-hydrogen) atoms. The minimum Gasteiger partial charge on any atom is -0.378 e. The van der Waals surface area contributed by atoms with Crippen molar-refractivity contribution in [2.75, 3.05) is 6.61 Å². The lowest BCUT2D eigenvalue weighted by Crippen LogP contribution is -2.19. The molecule has 1 aromatic carbocycles. The number of hydrogen-bond acceptors (Lipinski definition) is 1. The van der Waals surface area contributed by atoms with Crippen LogP contribution in [0.3, 0.4) is 0 Å². The van der Waals surface area contributed by atoms with Crippen LogP contribution in [0.5, 0.6) is 0 Å². The van der Waals surface area contributed by atoms with Crippen LogP contribution < -0.4 is 0 Å². The highest BCUT2D eigenvalue weighted by Crippen LogP contribution is 2.29. The van der Waals surface area contributed by atoms with E-state index in [1.54, 1.807) is 0 Å². The second-order valence-electron chi connectivity index (χ2n) is 4.71. The SMILES string of the molecule is Fc1ccc(C(Cl)CCC2CCCCO2)cc1F. The summed E-state index contributed by atoms with van der Waals surface area (Å²) in [5.74, 6) is -1.68. The van der Waals surface area contributed by atoms with Gasteiger partial charge in [-0.05, 0) is 49.8 Å². The monoisotopic (exact) mass is 274 g/mol. The molecule has 0 spiro atoms. The van der Waals surface area contributed by atoms with E-state index in [1.807, 2.05) is 0 Å². The summed E-state index contributed by atoms with van der Waals surface area (Å²) in [6.07, 6.45) is 5.25. The van der Waals surface area contributed by atoms with E-state index >= 15 is 0 Å². The number of hydrogen-bond donors (Lipinski definition) is 0. The first-order valence-corrected chi connectivity index (χ1v) is 6.81. The van der Waals surface area contributed by atoms with Gasteiger partial charge < -0.3 is 4.74 Å². The Labute approximate surface area is 111 Å². The van der Waals surface area contributed by atoms with E-state index < -0.39 is 11.6 Å². The van der Waals surface area contributed by atoms with Crippen molar-refractivity contribution < 1.29 is 13.5 Å². The highest BCUT2D eigenvalue weighted by atomic mass is 35.5. The zero-order chi connectivity index (χ0) is 13.0. The lowest BCUT2D eigenvalue weighted by atomic mass is 10.0. The molecule has 0 N–H and O–H groups in total. The van der Waals surface area contributed by atoms with Gasteiger partial charge in [0.05, 0.1) is 11.5 Å². The molecular weight excluding hydrogens is 258 g/mol. The van der Waals surface area contributed by atoms with E-state index in [-0.39, 0.29) is 11.5 Å². The van der Waals surface area contributed by atoms with Crippen LogP contribution in [0.25, 0.3) is 0 Å². The third kappa shape index (κ3) is 3.66. The summed E-state index contributed by atoms with van der Waals surface area (Å²) in [5.41, 5.74) is 0.631. The number of alkyl halides is 1. The Morgan fingerprint density at radius 2 is 2.11 bits per heavy atom. The smallest absolute Gasteiger partial charge is 0.159 e. The second-order valence-corrected chi connectivity index (χ2v) is 5.23. The summed E-state index contributed by atoms with van der Waals surface area (Å²) in [6.45, 7) is 0.822. The van der Waals surface area contributed by atoms with E-state index in [2.05, 4.69) is 0 Å². The van der Waals surface area contributed by atoms with Gasteiger partial charge in [-0.2, -0.15) is 0 Å². The number of benzene rings is 1. The average molecular weight is 275 g/mol. The van der Waals surface area contributed by atoms with Crippen molar-refractivity contribution in [3.05, 3.63) is 35.4 Å². The fourth-order valence-electron chi connectivity index (χ4n) is 2.24. The van der Waals surface area contributed by atoms with Crippen LogP contribution in [-0.2, 0) is 4.74 Å². The van der Waals surface area contributed by atoms with Gasteiger partial charge in [0.15, 0.2) is 11.6 Å². The topological polar surface area (TPSA) is 9.23 Å². The van der Waals surface area contributed by atoms with Crippen LogP contribution in [-0.4, -0.2) is 12.7 Å². The molecule has 1 aromatic rings. The third-order valence-electron chi connectivity index (χ3n) is 3.32. The molecule has 1 nitrogen and oxygen atoms in total. The molecule has 0 saturated carbocycles. The van der Waals surface area contributed by atoms with Crippen LogP contribution >= 0.6 is 11.6 Å². The van der Waals surface area contributed by atoms with Crippen LogP contribution in [0.4, 0.5) is 8.78 Å². The Hall–Kier alpha value is -0.670. The van der Waals surface area contributed by atoms with Crippen molar-refractivity contribution in [1.82, 2.24) is 0 Å². The van der Waals surface area contributed by atoms with E-state index in [9.17, 15) is 8.78 Å². The zero-order valence-electron chi connectivity index (χ0n) is 10.2. The highest BCUT2D eigenvalue weighted by molar-refractivity contribution is 6.20. The van der Waals surface area contributed by atoms with Crippen LogP contribution in [0.2, 0.25) is 0 Å². The summed E-state index contributed by atoms with van der Waals surface area (Å²) in [6, 6.07) is 3.84. The third-order valence-corrected chi connectivity index (χ3v) is 3.79. The number of ether oxygens (including phenoxy) is 1. The van der Waals surface area contributed by atoms with Gasteiger partial charge in [-0.15, -0.1) is 11.6 Å². The first-order chi connectivity index (χ1) is 8.66. The van der Waals surface area contributed by atoms with Crippen molar-refractivity contribution in [3.8, 4) is 0 Å². The molecule has 100 valence electrons. The molecule has 0 bridgehead atoms. The Morgan fingerprint density at radius 1 is 1.28 bits per heavy atom. The fourth-order valence-corrected chi connectivity index (χ4v) is 2.50. The molecule has 1 saturated heterocycles. The van der Waals surface area contributed by atoms with Gasteiger partial charge in [-0.3, -0.25) is 0 Å². The molecule has 0 radical (unpaired) electrons. The summed E-state index contributed by atoms with van der Waals surface area (Å²) >= 11 is 6.21. The Morgan fingerprint density at radius 3 is 2.78 bits per heavy atom. The molecule has 0 amide bonds. The molecule has 1 aliphatic heterocycles. The highest BCUT2D eigenvalue weighted by Gasteiger charge is 2.17. The number of rotatable bonds is 4. The Bertz CT molecular complexity index is 391. The molecule has 0 aromatic heterocycles. The number of halogens is 3.